The van der Waals surface area contributed by atoms with Crippen molar-refractivity contribution in [1.82, 2.24) is 24.8 Å². The Bertz CT molecular complexity index is 1350. The van der Waals surface area contributed by atoms with Crippen LogP contribution in [0.25, 0.3) is 0 Å². The Morgan fingerprint density at radius 1 is 1.19 bits per heavy atom. The van der Waals surface area contributed by atoms with Crippen LogP contribution in [0.3, 0.4) is 0 Å². The maximum Gasteiger partial charge on any atom is 0.246 e. The zero-order chi connectivity index (χ0) is 25.7. The Kier molecular flexibility index (Phi) is 6.03. The van der Waals surface area contributed by atoms with Gasteiger partial charge in [-0.3, -0.25) is 14.7 Å². The molecule has 0 radical (unpaired) electrons. The third kappa shape index (κ3) is 4.52. The highest BCUT2D eigenvalue weighted by molar-refractivity contribution is 7.91. The first-order valence-electron chi connectivity index (χ1n) is 12.7. The molecule has 1 atom stereocenters. The number of fused-ring (bicyclic) bond motifs is 2. The fourth-order valence-corrected chi connectivity index (χ4v) is 6.85. The number of sulfone groups is 1. The molecule has 1 N–H and O–H groups in total. The number of aryl methyl sites for hydroxylation is 1. The molecule has 196 valence electrons. The van der Waals surface area contributed by atoms with Gasteiger partial charge < -0.3 is 19.9 Å². The van der Waals surface area contributed by atoms with Gasteiger partial charge in [-0.1, -0.05) is 6.58 Å². The van der Waals surface area contributed by atoms with Crippen LogP contribution in [0.2, 0.25) is 0 Å². The summed E-state index contributed by atoms with van der Waals surface area (Å²) >= 11 is 0. The average Bonchev–Trinajstić information content (AvgIpc) is 3.24. The number of nitrogens with zero attached hydrogens (tertiary/aromatic N) is 6. The molecular formula is C25H31N7O4S. The first-order valence-corrected chi connectivity index (χ1v) is 14.5. The Balaban J connectivity index is 1.18. The smallest absolute Gasteiger partial charge is 0.246 e. The molecule has 3 saturated heterocycles. The molecule has 4 aliphatic rings. The van der Waals surface area contributed by atoms with E-state index >= 15 is 0 Å². The minimum absolute atomic E-state index is 0.00580. The molecular weight excluding hydrogens is 494 g/mol. The lowest BCUT2D eigenvalue weighted by Gasteiger charge is -2.43. The van der Waals surface area contributed by atoms with E-state index in [-0.39, 0.29) is 24.0 Å². The van der Waals surface area contributed by atoms with Gasteiger partial charge >= 0.3 is 0 Å². The molecule has 6 rings (SSSR count). The van der Waals surface area contributed by atoms with E-state index in [9.17, 15) is 13.2 Å². The molecule has 0 aromatic carbocycles. The first kappa shape index (κ1) is 24.1. The van der Waals surface area contributed by atoms with Crippen LogP contribution >= 0.6 is 0 Å². The number of rotatable bonds is 4. The fraction of sp³-hybridized carbons (Fsp3) is 0.520. The van der Waals surface area contributed by atoms with Crippen LogP contribution in [-0.4, -0.2) is 95.9 Å². The molecule has 0 unspecified atom stereocenters. The molecule has 3 fully saturated rings. The molecule has 11 nitrogen and oxygen atoms in total. The van der Waals surface area contributed by atoms with Crippen LogP contribution in [0.5, 0.6) is 5.75 Å². The number of hydrogen-bond donors (Lipinski definition) is 1. The molecule has 0 aliphatic carbocycles. The van der Waals surface area contributed by atoms with Crippen molar-refractivity contribution in [2.45, 2.75) is 31.9 Å². The quantitative estimate of drug-likeness (QED) is 0.584. The van der Waals surface area contributed by atoms with Gasteiger partial charge in [-0.2, -0.15) is 0 Å². The Morgan fingerprint density at radius 3 is 2.73 bits per heavy atom. The van der Waals surface area contributed by atoms with Gasteiger partial charge in [0.25, 0.3) is 0 Å². The van der Waals surface area contributed by atoms with Crippen molar-refractivity contribution in [1.29, 1.82) is 0 Å². The lowest BCUT2D eigenvalue weighted by Crippen LogP contribution is -2.52. The lowest BCUT2D eigenvalue weighted by atomic mass is 9.92. The van der Waals surface area contributed by atoms with Gasteiger partial charge in [0, 0.05) is 56.9 Å². The number of aromatic nitrogens is 3. The van der Waals surface area contributed by atoms with E-state index in [1.54, 1.807) is 0 Å². The molecule has 37 heavy (non-hydrogen) atoms. The third-order valence-corrected chi connectivity index (χ3v) is 9.45. The number of likely N-dealkylation sites (tertiary alicyclic amines) is 2. The van der Waals surface area contributed by atoms with Crippen molar-refractivity contribution in [3.63, 3.8) is 0 Å². The van der Waals surface area contributed by atoms with Gasteiger partial charge in [-0.15, -0.1) is 0 Å². The first-order chi connectivity index (χ1) is 17.8. The number of nitrogens with one attached hydrogen (secondary N) is 1. The Hall–Kier alpha value is -3.25. The predicted molar refractivity (Wildman–Crippen MR) is 139 cm³/mol. The number of carbonyl (C=O) groups excluding carboxylic acids is 1. The van der Waals surface area contributed by atoms with Crippen molar-refractivity contribution in [2.75, 3.05) is 61.0 Å². The third-order valence-electron chi connectivity index (χ3n) is 7.84. The molecule has 2 aromatic rings. The molecule has 0 spiro atoms. The zero-order valence-electron chi connectivity index (χ0n) is 20.9. The van der Waals surface area contributed by atoms with Gasteiger partial charge in [-0.05, 0) is 25.5 Å². The Morgan fingerprint density at radius 2 is 1.97 bits per heavy atom. The van der Waals surface area contributed by atoms with E-state index in [1.165, 1.54) is 12.4 Å². The minimum Gasteiger partial charge on any atom is -0.485 e. The summed E-state index contributed by atoms with van der Waals surface area (Å²) < 4.78 is 30.0. The summed E-state index contributed by atoms with van der Waals surface area (Å²) in [6, 6.07) is 2.44. The van der Waals surface area contributed by atoms with Crippen LogP contribution in [0, 0.1) is 6.92 Å². The summed E-state index contributed by atoms with van der Waals surface area (Å²) in [5, 5.41) is 3.45. The van der Waals surface area contributed by atoms with Crippen LogP contribution < -0.4 is 15.0 Å². The second kappa shape index (κ2) is 9.25. The van der Waals surface area contributed by atoms with E-state index in [0.29, 0.717) is 42.4 Å². The number of pyridine rings is 1. The highest BCUT2D eigenvalue weighted by Crippen LogP contribution is 2.40. The molecule has 12 heteroatoms. The van der Waals surface area contributed by atoms with Gasteiger partial charge in [0.05, 0.1) is 28.5 Å². The minimum atomic E-state index is -2.99. The van der Waals surface area contributed by atoms with Gasteiger partial charge in [-0.25, -0.2) is 18.4 Å². The van der Waals surface area contributed by atoms with Crippen LogP contribution in [0.15, 0.2) is 25.0 Å². The Labute approximate surface area is 216 Å². The fourth-order valence-electron chi connectivity index (χ4n) is 5.65. The van der Waals surface area contributed by atoms with E-state index < -0.39 is 9.84 Å². The SMILES string of the molecule is C=CC(=O)N1CC[C@H](N2CC(c3cc4c(c(C)n3)OCc3c(ncnc3N3CCS(=O)(=O)CC3)N4)C2)C1. The van der Waals surface area contributed by atoms with Gasteiger partial charge in [0.2, 0.25) is 5.91 Å². The van der Waals surface area contributed by atoms with E-state index in [1.807, 2.05) is 16.7 Å². The maximum absolute atomic E-state index is 11.9. The summed E-state index contributed by atoms with van der Waals surface area (Å²) in [7, 11) is -2.99. The van der Waals surface area contributed by atoms with Crippen molar-refractivity contribution in [3.05, 3.63) is 42.0 Å². The summed E-state index contributed by atoms with van der Waals surface area (Å²) in [6.07, 6.45) is 3.89. The number of hydrogen-bond acceptors (Lipinski definition) is 10. The van der Waals surface area contributed by atoms with Crippen molar-refractivity contribution in [2.24, 2.45) is 0 Å². The number of anilines is 3. The normalized spacial score (nSPS) is 23.2. The topological polar surface area (TPSA) is 121 Å². The van der Waals surface area contributed by atoms with Crippen molar-refractivity contribution < 1.29 is 17.9 Å². The molecule has 0 bridgehead atoms. The standard InChI is InChI=1S/C25H31N7O4S/c1-3-22(33)31-5-4-18(13-31)32-11-17(12-32)20-10-21-23(16(2)28-20)36-14-19-24(29-21)26-15-27-25(19)30-6-8-37(34,35)9-7-30/h3,10,15,17-18H,1,4-9,11-14H2,2H3,(H,26,27,29)/t18-/m0/s1. The van der Waals surface area contributed by atoms with Crippen molar-refractivity contribution in [3.8, 4) is 5.75 Å². The molecule has 4 aliphatic heterocycles. The van der Waals surface area contributed by atoms with Gasteiger partial charge in [0.15, 0.2) is 15.6 Å². The summed E-state index contributed by atoms with van der Waals surface area (Å²) in [5.41, 5.74) is 3.47. The highest BCUT2D eigenvalue weighted by atomic mass is 32.2. The van der Waals surface area contributed by atoms with Crippen LogP contribution in [0.4, 0.5) is 17.3 Å². The molecule has 6 heterocycles. The summed E-state index contributed by atoms with van der Waals surface area (Å²) in [4.78, 5) is 32.1. The number of carbonyl (C=O) groups is 1. The van der Waals surface area contributed by atoms with Crippen LogP contribution in [-0.2, 0) is 21.2 Å². The van der Waals surface area contributed by atoms with Gasteiger partial charge in [0.1, 0.15) is 24.6 Å². The van der Waals surface area contributed by atoms with Crippen molar-refractivity contribution >= 4 is 33.1 Å². The molecule has 1 amide bonds. The lowest BCUT2D eigenvalue weighted by molar-refractivity contribution is -0.125. The largest absolute Gasteiger partial charge is 0.485 e. The molecule has 0 saturated carbocycles. The summed E-state index contributed by atoms with van der Waals surface area (Å²) in [6.45, 7) is 9.99. The second-order valence-corrected chi connectivity index (χ2v) is 12.5. The van der Waals surface area contributed by atoms with Crippen LogP contribution in [0.1, 0.15) is 29.3 Å². The average molecular weight is 526 g/mol. The number of amides is 1. The number of ether oxygens (including phenoxy) is 1. The monoisotopic (exact) mass is 525 g/mol. The van der Waals surface area contributed by atoms with E-state index in [2.05, 4.69) is 32.8 Å². The second-order valence-electron chi connectivity index (χ2n) is 10.2. The summed E-state index contributed by atoms with van der Waals surface area (Å²) in [5.74, 6) is 2.63. The van der Waals surface area contributed by atoms with E-state index in [0.717, 1.165) is 55.2 Å². The molecule has 2 aromatic heterocycles. The zero-order valence-corrected chi connectivity index (χ0v) is 21.7. The highest BCUT2D eigenvalue weighted by Gasteiger charge is 2.38. The maximum atomic E-state index is 11.9. The van der Waals surface area contributed by atoms with E-state index in [4.69, 9.17) is 9.72 Å². The predicted octanol–water partition coefficient (Wildman–Crippen LogP) is 1.24.